The Balaban J connectivity index is 2.95. The largest absolute Gasteiger partial charge is 0.325 e. The molecule has 0 spiro atoms. The van der Waals surface area contributed by atoms with Gasteiger partial charge in [0.15, 0.2) is 0 Å². The number of hydrogen-bond donors (Lipinski definition) is 2. The Morgan fingerprint density at radius 3 is 2.28 bits per heavy atom. The zero-order valence-corrected chi connectivity index (χ0v) is 12.7. The SMILES string of the molecule is CC(C)C(S)C(=O)Nc1ccccc1C(C)(C)C. The summed E-state index contributed by atoms with van der Waals surface area (Å²) in [5.41, 5.74) is 2.03. The van der Waals surface area contributed by atoms with Gasteiger partial charge < -0.3 is 5.32 Å². The van der Waals surface area contributed by atoms with Crippen LogP contribution in [0.15, 0.2) is 24.3 Å². The number of para-hydroxylation sites is 1. The first kappa shape index (κ1) is 15.1. The lowest BCUT2D eigenvalue weighted by Gasteiger charge is -2.24. The molecule has 1 aromatic carbocycles. The van der Waals surface area contributed by atoms with Crippen LogP contribution in [0.5, 0.6) is 0 Å². The van der Waals surface area contributed by atoms with Gasteiger partial charge in [-0.3, -0.25) is 4.79 Å². The highest BCUT2D eigenvalue weighted by Crippen LogP contribution is 2.29. The van der Waals surface area contributed by atoms with Gasteiger partial charge in [-0.2, -0.15) is 12.6 Å². The van der Waals surface area contributed by atoms with Crippen molar-refractivity contribution in [2.24, 2.45) is 5.92 Å². The minimum Gasteiger partial charge on any atom is -0.325 e. The molecule has 18 heavy (non-hydrogen) atoms. The molecular formula is C15H23NOS. The molecule has 0 aliphatic carbocycles. The minimum atomic E-state index is -0.280. The van der Waals surface area contributed by atoms with Crippen LogP contribution in [0.2, 0.25) is 0 Å². The molecule has 0 aromatic heterocycles. The van der Waals surface area contributed by atoms with E-state index in [0.29, 0.717) is 0 Å². The van der Waals surface area contributed by atoms with Gasteiger partial charge in [-0.15, -0.1) is 0 Å². The Kier molecular flexibility index (Phi) is 4.85. The van der Waals surface area contributed by atoms with E-state index < -0.39 is 0 Å². The lowest BCUT2D eigenvalue weighted by molar-refractivity contribution is -0.116. The summed E-state index contributed by atoms with van der Waals surface area (Å²) in [5, 5.41) is 2.70. The first-order chi connectivity index (χ1) is 8.23. The molecule has 0 aliphatic rings. The van der Waals surface area contributed by atoms with E-state index in [9.17, 15) is 4.79 Å². The molecule has 2 nitrogen and oxygen atoms in total. The van der Waals surface area contributed by atoms with Gasteiger partial charge in [0.25, 0.3) is 0 Å². The third-order valence-electron chi connectivity index (χ3n) is 2.89. The molecule has 0 bridgehead atoms. The molecule has 1 N–H and O–H groups in total. The molecule has 100 valence electrons. The standard InChI is InChI=1S/C15H23NOS/c1-10(2)13(18)14(17)16-12-9-7-6-8-11(12)15(3,4)5/h6-10,13,18H,1-5H3,(H,16,17). The van der Waals surface area contributed by atoms with Crippen molar-refractivity contribution >= 4 is 24.2 Å². The maximum Gasteiger partial charge on any atom is 0.237 e. The fraction of sp³-hybridized carbons (Fsp3) is 0.533. The number of thiol groups is 1. The van der Waals surface area contributed by atoms with Gasteiger partial charge in [0.1, 0.15) is 0 Å². The summed E-state index contributed by atoms with van der Waals surface area (Å²) < 4.78 is 0. The first-order valence-electron chi connectivity index (χ1n) is 6.32. The topological polar surface area (TPSA) is 29.1 Å². The molecule has 0 aliphatic heterocycles. The van der Waals surface area contributed by atoms with Crippen molar-refractivity contribution in [3.05, 3.63) is 29.8 Å². The van der Waals surface area contributed by atoms with E-state index in [1.165, 1.54) is 0 Å². The molecule has 0 radical (unpaired) electrons. The summed E-state index contributed by atoms with van der Waals surface area (Å²) in [5.74, 6) is 0.181. The van der Waals surface area contributed by atoms with Crippen molar-refractivity contribution < 1.29 is 4.79 Å². The molecule has 1 aromatic rings. The Hall–Kier alpha value is -0.960. The lowest BCUT2D eigenvalue weighted by Crippen LogP contribution is -2.29. The van der Waals surface area contributed by atoms with E-state index in [-0.39, 0.29) is 22.5 Å². The van der Waals surface area contributed by atoms with Gasteiger partial charge in [0.2, 0.25) is 5.91 Å². The highest BCUT2D eigenvalue weighted by Gasteiger charge is 2.22. The average Bonchev–Trinajstić information content (AvgIpc) is 2.27. The molecule has 1 amide bonds. The zero-order valence-electron chi connectivity index (χ0n) is 11.8. The molecule has 1 unspecified atom stereocenters. The van der Waals surface area contributed by atoms with Crippen LogP contribution in [0, 0.1) is 5.92 Å². The maximum absolute atomic E-state index is 12.0. The second-order valence-electron chi connectivity index (χ2n) is 5.97. The maximum atomic E-state index is 12.0. The zero-order chi connectivity index (χ0) is 13.9. The molecule has 0 heterocycles. The number of carbonyl (C=O) groups is 1. The number of nitrogens with one attached hydrogen (secondary N) is 1. The van der Waals surface area contributed by atoms with Crippen LogP contribution < -0.4 is 5.32 Å². The third kappa shape index (κ3) is 3.77. The Morgan fingerprint density at radius 1 is 1.22 bits per heavy atom. The second-order valence-corrected chi connectivity index (χ2v) is 6.53. The monoisotopic (exact) mass is 265 g/mol. The molecular weight excluding hydrogens is 242 g/mol. The normalized spacial score (nSPS) is 13.5. The van der Waals surface area contributed by atoms with Crippen LogP contribution in [-0.4, -0.2) is 11.2 Å². The van der Waals surface area contributed by atoms with Crippen molar-refractivity contribution in [2.45, 2.75) is 45.3 Å². The van der Waals surface area contributed by atoms with Gasteiger partial charge in [0, 0.05) is 5.69 Å². The average molecular weight is 265 g/mol. The van der Waals surface area contributed by atoms with E-state index in [1.54, 1.807) is 0 Å². The summed E-state index contributed by atoms with van der Waals surface area (Å²) in [4.78, 5) is 12.0. The number of carbonyl (C=O) groups excluding carboxylic acids is 1. The van der Waals surface area contributed by atoms with Gasteiger partial charge >= 0.3 is 0 Å². The van der Waals surface area contributed by atoms with Gasteiger partial charge in [-0.25, -0.2) is 0 Å². The lowest BCUT2D eigenvalue weighted by atomic mass is 9.86. The predicted octanol–water partition coefficient (Wildman–Crippen LogP) is 3.88. The highest BCUT2D eigenvalue weighted by atomic mass is 32.1. The quantitative estimate of drug-likeness (QED) is 0.798. The van der Waals surface area contributed by atoms with E-state index >= 15 is 0 Å². The predicted molar refractivity (Wildman–Crippen MR) is 81.4 cm³/mol. The fourth-order valence-corrected chi connectivity index (χ4v) is 1.82. The molecule has 3 heteroatoms. The Bertz CT molecular complexity index is 421. The number of benzene rings is 1. The summed E-state index contributed by atoms with van der Waals surface area (Å²) in [6.07, 6.45) is 0. The van der Waals surface area contributed by atoms with Crippen LogP contribution in [0.1, 0.15) is 40.2 Å². The van der Waals surface area contributed by atoms with Crippen LogP contribution in [-0.2, 0) is 10.2 Å². The molecule has 0 saturated carbocycles. The number of amides is 1. The summed E-state index contributed by atoms with van der Waals surface area (Å²) in [6.45, 7) is 10.4. The van der Waals surface area contributed by atoms with Crippen molar-refractivity contribution in [2.75, 3.05) is 5.32 Å². The van der Waals surface area contributed by atoms with Crippen molar-refractivity contribution in [3.63, 3.8) is 0 Å². The van der Waals surface area contributed by atoms with E-state index in [2.05, 4.69) is 44.8 Å². The number of hydrogen-bond acceptors (Lipinski definition) is 2. The van der Waals surface area contributed by atoms with Crippen molar-refractivity contribution in [1.82, 2.24) is 0 Å². The number of anilines is 1. The van der Waals surface area contributed by atoms with E-state index in [4.69, 9.17) is 0 Å². The summed E-state index contributed by atoms with van der Waals surface area (Å²) >= 11 is 4.34. The van der Waals surface area contributed by atoms with Gasteiger partial charge in [0.05, 0.1) is 5.25 Å². The van der Waals surface area contributed by atoms with E-state index in [1.807, 2.05) is 32.0 Å². The van der Waals surface area contributed by atoms with Crippen molar-refractivity contribution in [3.8, 4) is 0 Å². The second kappa shape index (κ2) is 5.79. The van der Waals surface area contributed by atoms with Crippen molar-refractivity contribution in [1.29, 1.82) is 0 Å². The van der Waals surface area contributed by atoms with Gasteiger partial charge in [-0.05, 0) is 23.0 Å². The summed E-state index contributed by atoms with van der Waals surface area (Å²) in [7, 11) is 0. The summed E-state index contributed by atoms with van der Waals surface area (Å²) in [6, 6.07) is 7.93. The van der Waals surface area contributed by atoms with Crippen LogP contribution in [0.25, 0.3) is 0 Å². The smallest absolute Gasteiger partial charge is 0.237 e. The first-order valence-corrected chi connectivity index (χ1v) is 6.83. The van der Waals surface area contributed by atoms with E-state index in [0.717, 1.165) is 11.3 Å². The van der Waals surface area contributed by atoms with Crippen LogP contribution in [0.3, 0.4) is 0 Å². The molecule has 1 rings (SSSR count). The number of rotatable bonds is 3. The molecule has 0 fully saturated rings. The fourth-order valence-electron chi connectivity index (χ4n) is 1.76. The third-order valence-corrected chi connectivity index (χ3v) is 3.72. The highest BCUT2D eigenvalue weighted by molar-refractivity contribution is 7.81. The minimum absolute atomic E-state index is 0.00774. The molecule has 0 saturated heterocycles. The Labute approximate surface area is 116 Å². The van der Waals surface area contributed by atoms with Gasteiger partial charge in [-0.1, -0.05) is 52.8 Å². The van der Waals surface area contributed by atoms with Crippen LogP contribution >= 0.6 is 12.6 Å². The van der Waals surface area contributed by atoms with Crippen LogP contribution in [0.4, 0.5) is 5.69 Å². The Morgan fingerprint density at radius 2 is 1.78 bits per heavy atom. The molecule has 1 atom stereocenters.